The summed E-state index contributed by atoms with van der Waals surface area (Å²) in [7, 11) is 1.66. The summed E-state index contributed by atoms with van der Waals surface area (Å²) in [5, 5.41) is 7.26. The SMILES string of the molecule is Cc1cccc2ncc(C(=O)N(C)Cc3cc(C(C)(C)C)n[nH]3)c(=O)n12. The van der Waals surface area contributed by atoms with Crippen LogP contribution in [-0.2, 0) is 12.0 Å². The molecule has 0 spiro atoms. The van der Waals surface area contributed by atoms with Crippen LogP contribution < -0.4 is 5.56 Å². The van der Waals surface area contributed by atoms with E-state index < -0.39 is 0 Å². The lowest BCUT2D eigenvalue weighted by Gasteiger charge is -2.16. The second kappa shape index (κ2) is 6.40. The number of carbonyl (C=O) groups is 1. The van der Waals surface area contributed by atoms with Crippen LogP contribution in [0.4, 0.5) is 0 Å². The number of aromatic nitrogens is 4. The number of nitrogens with one attached hydrogen (secondary N) is 1. The molecule has 0 aliphatic heterocycles. The quantitative estimate of drug-likeness (QED) is 0.783. The molecule has 0 aliphatic carbocycles. The van der Waals surface area contributed by atoms with Crippen molar-refractivity contribution >= 4 is 11.6 Å². The van der Waals surface area contributed by atoms with Crippen molar-refractivity contribution < 1.29 is 4.79 Å². The minimum atomic E-state index is -0.368. The Hall–Kier alpha value is -2.96. The van der Waals surface area contributed by atoms with Gasteiger partial charge >= 0.3 is 0 Å². The number of rotatable bonds is 3. The summed E-state index contributed by atoms with van der Waals surface area (Å²) in [5.74, 6) is -0.368. The Morgan fingerprint density at radius 2 is 2.04 bits per heavy atom. The van der Waals surface area contributed by atoms with E-state index in [-0.39, 0.29) is 22.4 Å². The van der Waals surface area contributed by atoms with E-state index in [1.807, 2.05) is 25.1 Å². The molecular formula is C19H23N5O2. The van der Waals surface area contributed by atoms with Gasteiger partial charge in [0, 0.05) is 24.4 Å². The molecule has 0 unspecified atom stereocenters. The molecule has 1 amide bonds. The van der Waals surface area contributed by atoms with E-state index in [2.05, 4.69) is 36.0 Å². The number of hydrogen-bond acceptors (Lipinski definition) is 4. The summed E-state index contributed by atoms with van der Waals surface area (Å²) in [5.41, 5.74) is 2.63. The van der Waals surface area contributed by atoms with Gasteiger partial charge in [-0.2, -0.15) is 5.10 Å². The van der Waals surface area contributed by atoms with Gasteiger partial charge in [0.1, 0.15) is 11.2 Å². The second-order valence-corrected chi connectivity index (χ2v) is 7.53. The van der Waals surface area contributed by atoms with Crippen molar-refractivity contribution in [2.24, 2.45) is 0 Å². The van der Waals surface area contributed by atoms with Gasteiger partial charge < -0.3 is 4.90 Å². The van der Waals surface area contributed by atoms with Crippen LogP contribution in [0.3, 0.4) is 0 Å². The molecule has 0 atom stereocenters. The number of aromatic amines is 1. The van der Waals surface area contributed by atoms with Gasteiger partial charge in [-0.05, 0) is 25.1 Å². The van der Waals surface area contributed by atoms with Crippen LogP contribution in [0, 0.1) is 6.92 Å². The highest BCUT2D eigenvalue weighted by Gasteiger charge is 2.21. The molecule has 0 saturated carbocycles. The Morgan fingerprint density at radius 3 is 2.69 bits per heavy atom. The third kappa shape index (κ3) is 3.24. The van der Waals surface area contributed by atoms with Crippen molar-refractivity contribution in [2.75, 3.05) is 7.05 Å². The lowest BCUT2D eigenvalue weighted by Crippen LogP contribution is -2.33. The lowest BCUT2D eigenvalue weighted by molar-refractivity contribution is 0.0781. The average molecular weight is 353 g/mol. The van der Waals surface area contributed by atoms with Crippen LogP contribution >= 0.6 is 0 Å². The van der Waals surface area contributed by atoms with Gasteiger partial charge in [0.05, 0.1) is 17.9 Å². The molecule has 0 radical (unpaired) electrons. The highest BCUT2D eigenvalue weighted by atomic mass is 16.2. The summed E-state index contributed by atoms with van der Waals surface area (Å²) in [4.78, 5) is 31.2. The van der Waals surface area contributed by atoms with Gasteiger partial charge in [-0.3, -0.25) is 19.1 Å². The molecule has 0 saturated heterocycles. The van der Waals surface area contributed by atoms with Crippen LogP contribution in [0.15, 0.2) is 35.3 Å². The topological polar surface area (TPSA) is 83.4 Å². The maximum atomic E-state index is 12.8. The van der Waals surface area contributed by atoms with E-state index in [1.54, 1.807) is 13.1 Å². The molecule has 0 fully saturated rings. The van der Waals surface area contributed by atoms with Crippen molar-refractivity contribution in [3.8, 4) is 0 Å². The molecule has 3 aromatic heterocycles. The third-order valence-corrected chi connectivity index (χ3v) is 4.31. The molecule has 136 valence electrons. The standard InChI is InChI=1S/C19H23N5O2/c1-12-7-6-8-16-20-10-14(18(26)24(12)16)17(25)23(5)11-13-9-15(22-21-13)19(2,3)4/h6-10H,11H2,1-5H3,(H,21,22). The van der Waals surface area contributed by atoms with Crippen LogP contribution in [0.25, 0.3) is 5.65 Å². The van der Waals surface area contributed by atoms with E-state index in [9.17, 15) is 9.59 Å². The maximum Gasteiger partial charge on any atom is 0.270 e. The van der Waals surface area contributed by atoms with Crippen LogP contribution in [-0.4, -0.2) is 37.4 Å². The smallest absolute Gasteiger partial charge is 0.270 e. The molecule has 0 aliphatic rings. The number of pyridine rings is 1. The Kier molecular flexibility index (Phi) is 4.39. The second-order valence-electron chi connectivity index (χ2n) is 7.53. The Balaban J connectivity index is 1.88. The zero-order valence-corrected chi connectivity index (χ0v) is 15.7. The van der Waals surface area contributed by atoms with Crippen molar-refractivity contribution in [1.29, 1.82) is 0 Å². The third-order valence-electron chi connectivity index (χ3n) is 4.31. The van der Waals surface area contributed by atoms with Crippen LogP contribution in [0.5, 0.6) is 0 Å². The van der Waals surface area contributed by atoms with E-state index in [1.165, 1.54) is 15.5 Å². The highest BCUT2D eigenvalue weighted by Crippen LogP contribution is 2.20. The number of amides is 1. The zero-order valence-electron chi connectivity index (χ0n) is 15.7. The Labute approximate surface area is 151 Å². The van der Waals surface area contributed by atoms with E-state index in [4.69, 9.17) is 0 Å². The van der Waals surface area contributed by atoms with E-state index >= 15 is 0 Å². The first-order chi connectivity index (χ1) is 12.2. The maximum absolute atomic E-state index is 12.8. The van der Waals surface area contributed by atoms with Crippen molar-refractivity contribution in [3.63, 3.8) is 0 Å². The molecule has 26 heavy (non-hydrogen) atoms. The zero-order chi connectivity index (χ0) is 19.1. The summed E-state index contributed by atoms with van der Waals surface area (Å²) < 4.78 is 1.45. The van der Waals surface area contributed by atoms with Gasteiger partial charge in [-0.1, -0.05) is 26.8 Å². The summed E-state index contributed by atoms with van der Waals surface area (Å²) in [6.45, 7) is 8.37. The van der Waals surface area contributed by atoms with Crippen LogP contribution in [0.2, 0.25) is 0 Å². The highest BCUT2D eigenvalue weighted by molar-refractivity contribution is 5.93. The largest absolute Gasteiger partial charge is 0.336 e. The summed E-state index contributed by atoms with van der Waals surface area (Å²) in [6.07, 6.45) is 1.35. The van der Waals surface area contributed by atoms with Crippen molar-refractivity contribution in [3.05, 3.63) is 63.5 Å². The summed E-state index contributed by atoms with van der Waals surface area (Å²) >= 11 is 0. The molecule has 7 nitrogen and oxygen atoms in total. The molecule has 3 aromatic rings. The predicted molar refractivity (Wildman–Crippen MR) is 99.3 cm³/mol. The number of H-pyrrole nitrogens is 1. The number of carbonyl (C=O) groups excluding carboxylic acids is 1. The van der Waals surface area contributed by atoms with Crippen molar-refractivity contribution in [1.82, 2.24) is 24.5 Å². The number of nitrogens with zero attached hydrogens (tertiary/aromatic N) is 4. The van der Waals surface area contributed by atoms with Gasteiger partial charge in [0.2, 0.25) is 0 Å². The lowest BCUT2D eigenvalue weighted by atomic mass is 9.92. The number of aryl methyl sites for hydroxylation is 1. The van der Waals surface area contributed by atoms with Gasteiger partial charge in [0.15, 0.2) is 0 Å². The first kappa shape index (κ1) is 17.8. The first-order valence-electron chi connectivity index (χ1n) is 8.46. The Bertz CT molecular complexity index is 1030. The number of fused-ring (bicyclic) bond motifs is 1. The van der Waals surface area contributed by atoms with Gasteiger partial charge in [0.25, 0.3) is 11.5 Å². The molecular weight excluding hydrogens is 330 g/mol. The fourth-order valence-corrected chi connectivity index (χ4v) is 2.78. The predicted octanol–water partition coefficient (Wildman–Crippen LogP) is 2.30. The average Bonchev–Trinajstić information content (AvgIpc) is 3.03. The molecule has 3 rings (SSSR count). The van der Waals surface area contributed by atoms with Gasteiger partial charge in [-0.15, -0.1) is 0 Å². The minimum absolute atomic E-state index is 0.0508. The fourth-order valence-electron chi connectivity index (χ4n) is 2.78. The van der Waals surface area contributed by atoms with E-state index in [0.717, 1.165) is 17.1 Å². The normalized spacial score (nSPS) is 11.7. The first-order valence-corrected chi connectivity index (χ1v) is 8.46. The molecule has 7 heteroatoms. The fraction of sp³-hybridized carbons (Fsp3) is 0.368. The Morgan fingerprint density at radius 1 is 1.31 bits per heavy atom. The molecule has 0 aromatic carbocycles. The molecule has 0 bridgehead atoms. The van der Waals surface area contributed by atoms with Crippen LogP contribution in [0.1, 0.15) is 48.2 Å². The molecule has 1 N–H and O–H groups in total. The molecule has 3 heterocycles. The monoisotopic (exact) mass is 353 g/mol. The van der Waals surface area contributed by atoms with Crippen molar-refractivity contribution in [2.45, 2.75) is 39.7 Å². The van der Waals surface area contributed by atoms with Gasteiger partial charge in [-0.25, -0.2) is 4.98 Å². The van der Waals surface area contributed by atoms with E-state index in [0.29, 0.717) is 12.2 Å². The number of hydrogen-bond donors (Lipinski definition) is 1. The minimum Gasteiger partial charge on any atom is -0.336 e. The summed E-state index contributed by atoms with van der Waals surface area (Å²) in [6, 6.07) is 7.33.